The van der Waals surface area contributed by atoms with Gasteiger partial charge in [-0.1, -0.05) is 42.5 Å². The molecule has 0 saturated carbocycles. The minimum absolute atomic E-state index is 0.627. The lowest BCUT2D eigenvalue weighted by molar-refractivity contribution is 0.112. The lowest BCUT2D eigenvalue weighted by Crippen LogP contribution is -1.93. The standard InChI is InChI=1S/C17H13NO/c1-12-7-8-14-10-15(11-19)17(18-16(14)9-12)13-5-3-2-4-6-13/h2-11H,1H3. The average molecular weight is 247 g/mol. The molecule has 0 bridgehead atoms. The minimum atomic E-state index is 0.627. The molecule has 1 aromatic heterocycles. The minimum Gasteiger partial charge on any atom is -0.298 e. The number of fused-ring (bicyclic) bond motifs is 1. The van der Waals surface area contributed by atoms with E-state index in [0.29, 0.717) is 5.56 Å². The number of pyridine rings is 1. The van der Waals surface area contributed by atoms with Gasteiger partial charge in [-0.3, -0.25) is 4.79 Å². The van der Waals surface area contributed by atoms with Crippen molar-refractivity contribution in [2.45, 2.75) is 6.92 Å². The maximum Gasteiger partial charge on any atom is 0.152 e. The zero-order chi connectivity index (χ0) is 13.2. The molecule has 0 amide bonds. The molecule has 2 heteroatoms. The molecule has 0 aliphatic heterocycles. The SMILES string of the molecule is Cc1ccc2cc(C=O)c(-c3ccccc3)nc2c1. The number of carbonyl (C=O) groups is 1. The molecule has 1 heterocycles. The van der Waals surface area contributed by atoms with Gasteiger partial charge in [-0.05, 0) is 24.6 Å². The molecule has 3 aromatic rings. The second kappa shape index (κ2) is 4.65. The van der Waals surface area contributed by atoms with Gasteiger partial charge in [-0.2, -0.15) is 0 Å². The molecular formula is C17H13NO. The van der Waals surface area contributed by atoms with Gasteiger partial charge in [0.15, 0.2) is 6.29 Å². The molecule has 0 unspecified atom stereocenters. The number of aldehydes is 1. The number of hydrogen-bond acceptors (Lipinski definition) is 2. The van der Waals surface area contributed by atoms with Crippen LogP contribution in [0.4, 0.5) is 0 Å². The highest BCUT2D eigenvalue weighted by molar-refractivity contribution is 5.93. The van der Waals surface area contributed by atoms with Crippen LogP contribution < -0.4 is 0 Å². The van der Waals surface area contributed by atoms with Gasteiger partial charge in [-0.25, -0.2) is 4.98 Å². The van der Waals surface area contributed by atoms with Crippen molar-refractivity contribution < 1.29 is 4.79 Å². The molecule has 3 rings (SSSR count). The van der Waals surface area contributed by atoms with Gasteiger partial charge in [-0.15, -0.1) is 0 Å². The summed E-state index contributed by atoms with van der Waals surface area (Å²) in [6, 6.07) is 17.8. The van der Waals surface area contributed by atoms with Crippen LogP contribution in [0.25, 0.3) is 22.2 Å². The first-order chi connectivity index (χ1) is 9.28. The summed E-state index contributed by atoms with van der Waals surface area (Å²) in [6.07, 6.45) is 0.870. The van der Waals surface area contributed by atoms with Crippen LogP contribution >= 0.6 is 0 Å². The molecule has 0 N–H and O–H groups in total. The summed E-state index contributed by atoms with van der Waals surface area (Å²) >= 11 is 0. The van der Waals surface area contributed by atoms with Crippen molar-refractivity contribution >= 4 is 17.2 Å². The van der Waals surface area contributed by atoms with Crippen LogP contribution in [0.1, 0.15) is 15.9 Å². The molecule has 0 atom stereocenters. The van der Waals surface area contributed by atoms with E-state index in [9.17, 15) is 4.79 Å². The van der Waals surface area contributed by atoms with Crippen molar-refractivity contribution in [2.75, 3.05) is 0 Å². The predicted molar refractivity (Wildman–Crippen MR) is 77.3 cm³/mol. The Labute approximate surface area is 111 Å². The van der Waals surface area contributed by atoms with Crippen LogP contribution in [0.5, 0.6) is 0 Å². The number of nitrogens with zero attached hydrogens (tertiary/aromatic N) is 1. The topological polar surface area (TPSA) is 30.0 Å². The largest absolute Gasteiger partial charge is 0.298 e. The first-order valence-electron chi connectivity index (χ1n) is 6.20. The Kier molecular flexibility index (Phi) is 2.84. The highest BCUT2D eigenvalue weighted by Crippen LogP contribution is 2.25. The van der Waals surface area contributed by atoms with E-state index in [1.807, 2.05) is 61.5 Å². The van der Waals surface area contributed by atoms with E-state index in [4.69, 9.17) is 0 Å². The van der Waals surface area contributed by atoms with E-state index in [1.54, 1.807) is 0 Å². The Morgan fingerprint density at radius 1 is 1.00 bits per heavy atom. The zero-order valence-corrected chi connectivity index (χ0v) is 10.6. The monoisotopic (exact) mass is 247 g/mol. The van der Waals surface area contributed by atoms with Gasteiger partial charge < -0.3 is 0 Å². The van der Waals surface area contributed by atoms with Gasteiger partial charge in [0.2, 0.25) is 0 Å². The highest BCUT2D eigenvalue weighted by Gasteiger charge is 2.08. The van der Waals surface area contributed by atoms with Crippen molar-refractivity contribution in [3.8, 4) is 11.3 Å². The summed E-state index contributed by atoms with van der Waals surface area (Å²) in [5.41, 5.74) is 4.42. The number of carbonyl (C=O) groups excluding carboxylic acids is 1. The number of aromatic nitrogens is 1. The van der Waals surface area contributed by atoms with Crippen molar-refractivity contribution in [3.63, 3.8) is 0 Å². The van der Waals surface area contributed by atoms with Gasteiger partial charge >= 0.3 is 0 Å². The summed E-state index contributed by atoms with van der Waals surface area (Å²) in [7, 11) is 0. The molecule has 2 nitrogen and oxygen atoms in total. The molecule has 2 aromatic carbocycles. The molecule has 0 spiro atoms. The molecular weight excluding hydrogens is 234 g/mol. The summed E-state index contributed by atoms with van der Waals surface area (Å²) in [5.74, 6) is 0. The third kappa shape index (κ3) is 2.13. The summed E-state index contributed by atoms with van der Waals surface area (Å²) < 4.78 is 0. The second-order valence-electron chi connectivity index (χ2n) is 4.61. The van der Waals surface area contributed by atoms with E-state index < -0.39 is 0 Å². The summed E-state index contributed by atoms with van der Waals surface area (Å²) in [4.78, 5) is 15.9. The number of rotatable bonds is 2. The molecule has 0 saturated heterocycles. The van der Waals surface area contributed by atoms with E-state index in [-0.39, 0.29) is 0 Å². The lowest BCUT2D eigenvalue weighted by Gasteiger charge is -2.07. The van der Waals surface area contributed by atoms with Gasteiger partial charge in [0.25, 0.3) is 0 Å². The normalized spacial score (nSPS) is 10.6. The van der Waals surface area contributed by atoms with Crippen LogP contribution in [0.15, 0.2) is 54.6 Å². The fourth-order valence-electron chi connectivity index (χ4n) is 2.21. The van der Waals surface area contributed by atoms with Crippen LogP contribution in [-0.2, 0) is 0 Å². The molecule has 0 aliphatic rings. The van der Waals surface area contributed by atoms with Gasteiger partial charge in [0.1, 0.15) is 0 Å². The summed E-state index contributed by atoms with van der Waals surface area (Å²) in [6.45, 7) is 2.04. The second-order valence-corrected chi connectivity index (χ2v) is 4.61. The van der Waals surface area contributed by atoms with Crippen molar-refractivity contribution in [1.82, 2.24) is 4.98 Å². The van der Waals surface area contributed by atoms with E-state index >= 15 is 0 Å². The van der Waals surface area contributed by atoms with E-state index in [0.717, 1.165) is 34.0 Å². The van der Waals surface area contributed by atoms with Crippen molar-refractivity contribution in [2.24, 2.45) is 0 Å². The van der Waals surface area contributed by atoms with E-state index in [2.05, 4.69) is 4.98 Å². The highest BCUT2D eigenvalue weighted by atomic mass is 16.1. The molecule has 19 heavy (non-hydrogen) atoms. The third-order valence-corrected chi connectivity index (χ3v) is 3.18. The molecule has 0 aliphatic carbocycles. The van der Waals surface area contributed by atoms with Gasteiger partial charge in [0, 0.05) is 16.5 Å². The first-order valence-corrected chi connectivity index (χ1v) is 6.20. The number of aryl methyl sites for hydroxylation is 1. The number of hydrogen-bond donors (Lipinski definition) is 0. The lowest BCUT2D eigenvalue weighted by atomic mass is 10.0. The Balaban J connectivity index is 2.31. The Morgan fingerprint density at radius 2 is 1.79 bits per heavy atom. The van der Waals surface area contributed by atoms with Crippen LogP contribution in [-0.4, -0.2) is 11.3 Å². The first kappa shape index (κ1) is 11.6. The fraction of sp³-hybridized carbons (Fsp3) is 0.0588. The summed E-state index contributed by atoms with van der Waals surface area (Å²) in [5, 5.41) is 0.993. The smallest absolute Gasteiger partial charge is 0.152 e. The maximum absolute atomic E-state index is 11.3. The van der Waals surface area contributed by atoms with Crippen LogP contribution in [0.3, 0.4) is 0 Å². The number of benzene rings is 2. The fourth-order valence-corrected chi connectivity index (χ4v) is 2.21. The van der Waals surface area contributed by atoms with Crippen molar-refractivity contribution in [1.29, 1.82) is 0 Å². The maximum atomic E-state index is 11.3. The average Bonchev–Trinajstić information content (AvgIpc) is 2.46. The van der Waals surface area contributed by atoms with Crippen molar-refractivity contribution in [3.05, 3.63) is 65.7 Å². The van der Waals surface area contributed by atoms with Crippen LogP contribution in [0, 0.1) is 6.92 Å². The quantitative estimate of drug-likeness (QED) is 0.640. The zero-order valence-electron chi connectivity index (χ0n) is 10.6. The van der Waals surface area contributed by atoms with Crippen LogP contribution in [0.2, 0.25) is 0 Å². The Morgan fingerprint density at radius 3 is 2.53 bits per heavy atom. The Bertz CT molecular complexity index is 748. The predicted octanol–water partition coefficient (Wildman–Crippen LogP) is 4.02. The third-order valence-electron chi connectivity index (χ3n) is 3.18. The Hall–Kier alpha value is -2.48. The molecule has 92 valence electrons. The molecule has 0 radical (unpaired) electrons. The van der Waals surface area contributed by atoms with Gasteiger partial charge in [0.05, 0.1) is 11.2 Å². The molecule has 0 fully saturated rings. The van der Waals surface area contributed by atoms with E-state index in [1.165, 1.54) is 0 Å².